The zero-order valence-corrected chi connectivity index (χ0v) is 19.4. The number of amidine groups is 1. The minimum atomic E-state index is -0.577. The van der Waals surface area contributed by atoms with E-state index in [9.17, 15) is 4.79 Å². The fraction of sp³-hybridized carbons (Fsp3) is 0.208. The van der Waals surface area contributed by atoms with Crippen LogP contribution in [0.2, 0.25) is 0 Å². The van der Waals surface area contributed by atoms with E-state index in [4.69, 9.17) is 20.6 Å². The maximum atomic E-state index is 12.5. The summed E-state index contributed by atoms with van der Waals surface area (Å²) in [5.74, 6) is 0.649. The Balaban J connectivity index is 1.55. The molecule has 1 amide bonds. The molecule has 2 aromatic carbocycles. The van der Waals surface area contributed by atoms with E-state index in [2.05, 4.69) is 10.4 Å². The summed E-state index contributed by atoms with van der Waals surface area (Å²) in [6.45, 7) is 3.71. The molecule has 0 aliphatic rings. The number of ether oxygens (including phenoxy) is 2. The van der Waals surface area contributed by atoms with Crippen molar-refractivity contribution in [2.24, 2.45) is 12.8 Å². The second-order valence-corrected chi connectivity index (χ2v) is 8.69. The number of hydrogen-bond donors (Lipinski definition) is 3. The standard InChI is InChI=1S/C24H25N5O3S/c1-14-22(15(2)29(3)28-14)27-24(30)31-13-19(16-8-5-4-6-9-16)32-18-10-7-11-20-17(18)12-21(33-20)23(25)26/h4-12,19H,13H2,1-3H3,(H3,25,26)(H,27,30). The molecule has 0 saturated carbocycles. The van der Waals surface area contributed by atoms with Crippen molar-refractivity contribution in [3.8, 4) is 5.75 Å². The molecule has 1 unspecified atom stereocenters. The lowest BCUT2D eigenvalue weighted by Gasteiger charge is -2.20. The predicted molar refractivity (Wildman–Crippen MR) is 130 cm³/mol. The van der Waals surface area contributed by atoms with E-state index in [1.165, 1.54) is 11.3 Å². The minimum Gasteiger partial charge on any atom is -0.481 e. The van der Waals surface area contributed by atoms with Gasteiger partial charge in [-0.2, -0.15) is 5.10 Å². The Bertz CT molecular complexity index is 1310. The van der Waals surface area contributed by atoms with Gasteiger partial charge in [0, 0.05) is 17.1 Å². The topological polar surface area (TPSA) is 115 Å². The normalized spacial score (nSPS) is 11.8. The Kier molecular flexibility index (Phi) is 6.32. The van der Waals surface area contributed by atoms with Crippen molar-refractivity contribution in [2.75, 3.05) is 11.9 Å². The van der Waals surface area contributed by atoms with E-state index >= 15 is 0 Å². The second-order valence-electron chi connectivity index (χ2n) is 7.60. The summed E-state index contributed by atoms with van der Waals surface area (Å²) in [5, 5.41) is 15.7. The van der Waals surface area contributed by atoms with Gasteiger partial charge in [-0.3, -0.25) is 15.4 Å². The van der Waals surface area contributed by atoms with Crippen LogP contribution >= 0.6 is 11.3 Å². The molecule has 4 rings (SSSR count). The lowest BCUT2D eigenvalue weighted by atomic mass is 10.1. The van der Waals surface area contributed by atoms with E-state index in [1.807, 2.05) is 75.5 Å². The molecule has 9 heteroatoms. The Labute approximate surface area is 195 Å². The molecule has 170 valence electrons. The fourth-order valence-corrected chi connectivity index (χ4v) is 4.47. The van der Waals surface area contributed by atoms with Crippen LogP contribution < -0.4 is 15.8 Å². The summed E-state index contributed by atoms with van der Waals surface area (Å²) in [6, 6.07) is 17.1. The van der Waals surface area contributed by atoms with Crippen LogP contribution in [-0.2, 0) is 11.8 Å². The third kappa shape index (κ3) is 4.83. The number of hydrogen-bond acceptors (Lipinski definition) is 6. The molecule has 0 bridgehead atoms. The average Bonchev–Trinajstić information content (AvgIpc) is 3.34. The van der Waals surface area contributed by atoms with Crippen molar-refractivity contribution in [1.29, 1.82) is 5.41 Å². The number of anilines is 1. The number of fused-ring (bicyclic) bond motifs is 1. The van der Waals surface area contributed by atoms with Crippen LogP contribution in [0.15, 0.2) is 54.6 Å². The first-order valence-electron chi connectivity index (χ1n) is 10.4. The Morgan fingerprint density at radius 2 is 1.97 bits per heavy atom. The molecular formula is C24H25N5O3S. The third-order valence-corrected chi connectivity index (χ3v) is 6.46. The summed E-state index contributed by atoms with van der Waals surface area (Å²) >= 11 is 1.43. The number of carbonyl (C=O) groups is 1. The van der Waals surface area contributed by atoms with Crippen LogP contribution in [0.1, 0.15) is 27.9 Å². The van der Waals surface area contributed by atoms with Gasteiger partial charge >= 0.3 is 6.09 Å². The highest BCUT2D eigenvalue weighted by Gasteiger charge is 2.20. The highest BCUT2D eigenvalue weighted by Crippen LogP contribution is 2.35. The molecule has 0 aliphatic heterocycles. The second kappa shape index (κ2) is 9.33. The van der Waals surface area contributed by atoms with Crippen LogP contribution in [-0.4, -0.2) is 28.3 Å². The summed E-state index contributed by atoms with van der Waals surface area (Å²) < 4.78 is 14.5. The fourth-order valence-electron chi connectivity index (χ4n) is 3.53. The van der Waals surface area contributed by atoms with Crippen LogP contribution in [0, 0.1) is 19.3 Å². The number of benzene rings is 2. The molecule has 0 saturated heterocycles. The number of nitrogens with zero attached hydrogens (tertiary/aromatic N) is 2. The van der Waals surface area contributed by atoms with Crippen molar-refractivity contribution < 1.29 is 14.3 Å². The number of aromatic nitrogens is 2. The van der Waals surface area contributed by atoms with Gasteiger partial charge in [-0.15, -0.1) is 11.3 Å². The van der Waals surface area contributed by atoms with E-state index in [-0.39, 0.29) is 12.4 Å². The van der Waals surface area contributed by atoms with Crippen molar-refractivity contribution in [3.05, 3.63) is 76.4 Å². The molecule has 0 radical (unpaired) electrons. The molecule has 1 atom stereocenters. The SMILES string of the molecule is Cc1nn(C)c(C)c1NC(=O)OCC(Oc1cccc2sc(C(=N)N)cc12)c1ccccc1. The Hall–Kier alpha value is -3.85. The van der Waals surface area contributed by atoms with Gasteiger partial charge in [-0.25, -0.2) is 4.79 Å². The third-order valence-electron chi connectivity index (χ3n) is 5.33. The molecule has 4 N–H and O–H groups in total. The smallest absolute Gasteiger partial charge is 0.411 e. The Morgan fingerprint density at radius 3 is 2.64 bits per heavy atom. The molecular weight excluding hydrogens is 438 g/mol. The number of nitrogen functional groups attached to an aromatic ring is 1. The van der Waals surface area contributed by atoms with Crippen molar-refractivity contribution in [2.45, 2.75) is 20.0 Å². The maximum absolute atomic E-state index is 12.5. The van der Waals surface area contributed by atoms with Crippen molar-refractivity contribution in [3.63, 3.8) is 0 Å². The van der Waals surface area contributed by atoms with Gasteiger partial charge in [-0.1, -0.05) is 36.4 Å². The zero-order chi connectivity index (χ0) is 23.5. The number of rotatable bonds is 7. The van der Waals surface area contributed by atoms with Gasteiger partial charge in [0.25, 0.3) is 0 Å². The average molecular weight is 464 g/mol. The first kappa shape index (κ1) is 22.3. The van der Waals surface area contributed by atoms with Crippen LogP contribution in [0.3, 0.4) is 0 Å². The van der Waals surface area contributed by atoms with Gasteiger partial charge in [0.05, 0.1) is 22.0 Å². The van der Waals surface area contributed by atoms with E-state index in [0.29, 0.717) is 22.0 Å². The highest BCUT2D eigenvalue weighted by molar-refractivity contribution is 7.20. The van der Waals surface area contributed by atoms with Crippen molar-refractivity contribution in [1.82, 2.24) is 9.78 Å². The predicted octanol–water partition coefficient (Wildman–Crippen LogP) is 4.90. The number of amides is 1. The van der Waals surface area contributed by atoms with Crippen LogP contribution in [0.5, 0.6) is 5.75 Å². The molecule has 4 aromatic rings. The minimum absolute atomic E-state index is 0.00823. The highest BCUT2D eigenvalue weighted by atomic mass is 32.1. The molecule has 2 aromatic heterocycles. The molecule has 33 heavy (non-hydrogen) atoms. The molecule has 2 heterocycles. The van der Waals surface area contributed by atoms with Crippen molar-refractivity contribution >= 4 is 39.0 Å². The molecule has 8 nitrogen and oxygen atoms in total. The first-order valence-corrected chi connectivity index (χ1v) is 11.2. The van der Waals surface area contributed by atoms with E-state index < -0.39 is 12.2 Å². The largest absolute Gasteiger partial charge is 0.481 e. The quantitative estimate of drug-likeness (QED) is 0.266. The monoisotopic (exact) mass is 463 g/mol. The number of aryl methyl sites for hydroxylation is 2. The first-order chi connectivity index (χ1) is 15.8. The Morgan fingerprint density at radius 1 is 1.21 bits per heavy atom. The summed E-state index contributed by atoms with van der Waals surface area (Å²) in [7, 11) is 1.82. The van der Waals surface area contributed by atoms with Gasteiger partial charge in [0.1, 0.15) is 18.2 Å². The van der Waals surface area contributed by atoms with Gasteiger partial charge in [-0.05, 0) is 37.6 Å². The number of nitrogens with two attached hydrogens (primary N) is 1. The van der Waals surface area contributed by atoms with Crippen LogP contribution in [0.4, 0.5) is 10.5 Å². The van der Waals surface area contributed by atoms with Gasteiger partial charge < -0.3 is 15.2 Å². The van der Waals surface area contributed by atoms with Crippen LogP contribution in [0.25, 0.3) is 10.1 Å². The molecule has 0 fully saturated rings. The summed E-state index contributed by atoms with van der Waals surface area (Å²) in [5.41, 5.74) is 8.74. The lowest BCUT2D eigenvalue weighted by molar-refractivity contribution is 0.0910. The summed E-state index contributed by atoms with van der Waals surface area (Å²) in [4.78, 5) is 13.2. The van der Waals surface area contributed by atoms with Gasteiger partial charge in [0.15, 0.2) is 6.10 Å². The molecule has 0 aliphatic carbocycles. The van der Waals surface area contributed by atoms with E-state index in [1.54, 1.807) is 4.68 Å². The number of carbonyl (C=O) groups excluding carboxylic acids is 1. The summed E-state index contributed by atoms with van der Waals surface area (Å²) in [6.07, 6.45) is -1.11. The maximum Gasteiger partial charge on any atom is 0.411 e. The lowest BCUT2D eigenvalue weighted by Crippen LogP contribution is -2.21. The van der Waals surface area contributed by atoms with Gasteiger partial charge in [0.2, 0.25) is 0 Å². The molecule has 0 spiro atoms. The number of nitrogens with one attached hydrogen (secondary N) is 2. The van der Waals surface area contributed by atoms with E-state index in [0.717, 1.165) is 21.3 Å². The number of thiophene rings is 1. The zero-order valence-electron chi connectivity index (χ0n) is 18.6.